The van der Waals surface area contributed by atoms with Gasteiger partial charge in [0.15, 0.2) is 10.3 Å². The number of thiazole rings is 2. The molecule has 4 aromatic carbocycles. The minimum Gasteiger partial charge on any atom is -0.298 e. The first kappa shape index (κ1) is 35.6. The molecular weight excluding hydrogens is 765 g/mol. The van der Waals surface area contributed by atoms with Gasteiger partial charge in [-0.05, 0) is 97.5 Å². The van der Waals surface area contributed by atoms with Crippen LogP contribution in [0.1, 0.15) is 44.7 Å². The van der Waals surface area contributed by atoms with E-state index < -0.39 is 31.9 Å². The summed E-state index contributed by atoms with van der Waals surface area (Å²) in [6.45, 7) is 0.775. The predicted molar refractivity (Wildman–Crippen MR) is 211 cm³/mol. The molecule has 0 radical (unpaired) electrons. The molecule has 0 fully saturated rings. The van der Waals surface area contributed by atoms with Crippen molar-refractivity contribution in [3.05, 3.63) is 130 Å². The summed E-state index contributed by atoms with van der Waals surface area (Å²) >= 11 is 2.39. The van der Waals surface area contributed by atoms with Crippen molar-refractivity contribution < 1.29 is 26.4 Å². The number of rotatable bonds is 9. The minimum atomic E-state index is -3.81. The van der Waals surface area contributed by atoms with E-state index in [4.69, 9.17) is 0 Å². The number of anilines is 4. The van der Waals surface area contributed by atoms with Gasteiger partial charge in [0, 0.05) is 35.0 Å². The Hall–Kier alpha value is -5.42. The Morgan fingerprint density at radius 1 is 0.556 bits per heavy atom. The maximum Gasteiger partial charge on any atom is 0.264 e. The van der Waals surface area contributed by atoms with E-state index in [9.17, 15) is 26.4 Å². The number of para-hydroxylation sites is 2. The lowest BCUT2D eigenvalue weighted by atomic mass is 10.0. The standard InChI is InChI=1S/C38H32N6O6S4/c45-35(27-13-17-29(18-14-27)53(47,48)43-21-5-9-25-7-1-3-11-33(25)43)41-37-39-31(23-51-37)32-24-52-38(40-32)42-36(46)28-15-19-30(20-16-28)54(49,50)44-22-6-10-26-8-2-4-12-34(26)44/h1-4,7-8,11-20,23-24H,5-6,9-10,21-22H2,(H,39,41,45)(H,40,42,46). The summed E-state index contributed by atoms with van der Waals surface area (Å²) in [6, 6.07) is 26.6. The van der Waals surface area contributed by atoms with Gasteiger partial charge < -0.3 is 0 Å². The van der Waals surface area contributed by atoms with E-state index in [1.165, 1.54) is 79.8 Å². The van der Waals surface area contributed by atoms with Crippen molar-refractivity contribution in [3.8, 4) is 11.4 Å². The molecule has 274 valence electrons. The van der Waals surface area contributed by atoms with Crippen LogP contribution in [0.15, 0.2) is 118 Å². The molecule has 2 aliphatic heterocycles. The Balaban J connectivity index is 0.888. The fourth-order valence-corrected chi connectivity index (χ4v) is 11.0. The monoisotopic (exact) mass is 796 g/mol. The number of nitrogens with zero attached hydrogens (tertiary/aromatic N) is 4. The topological polar surface area (TPSA) is 159 Å². The van der Waals surface area contributed by atoms with Gasteiger partial charge >= 0.3 is 0 Å². The van der Waals surface area contributed by atoms with Gasteiger partial charge in [-0.1, -0.05) is 36.4 Å². The molecule has 4 heterocycles. The van der Waals surface area contributed by atoms with E-state index in [1.54, 1.807) is 10.8 Å². The van der Waals surface area contributed by atoms with Crippen molar-refractivity contribution in [2.75, 3.05) is 32.3 Å². The van der Waals surface area contributed by atoms with Gasteiger partial charge in [0.1, 0.15) is 11.4 Å². The average molecular weight is 797 g/mol. The van der Waals surface area contributed by atoms with E-state index in [1.807, 2.05) is 48.5 Å². The number of hydrogen-bond acceptors (Lipinski definition) is 10. The van der Waals surface area contributed by atoms with Crippen LogP contribution in [0.3, 0.4) is 0 Å². The third kappa shape index (κ3) is 6.88. The average Bonchev–Trinajstić information content (AvgIpc) is 3.87. The molecule has 54 heavy (non-hydrogen) atoms. The zero-order chi connectivity index (χ0) is 37.5. The Labute approximate surface area is 320 Å². The number of amides is 2. The number of benzene rings is 4. The number of hydrogen-bond donors (Lipinski definition) is 2. The quantitative estimate of drug-likeness (QED) is 0.158. The first-order valence-corrected chi connectivity index (χ1v) is 21.7. The fraction of sp³-hybridized carbons (Fsp3) is 0.158. The van der Waals surface area contributed by atoms with Gasteiger partial charge in [-0.2, -0.15) is 0 Å². The van der Waals surface area contributed by atoms with Crippen LogP contribution in [-0.2, 0) is 32.9 Å². The highest BCUT2D eigenvalue weighted by molar-refractivity contribution is 7.93. The summed E-state index contributed by atoms with van der Waals surface area (Å²) in [4.78, 5) is 35.3. The van der Waals surface area contributed by atoms with Crippen molar-refractivity contribution in [1.29, 1.82) is 0 Å². The predicted octanol–water partition coefficient (Wildman–Crippen LogP) is 7.05. The van der Waals surface area contributed by atoms with E-state index in [0.717, 1.165) is 36.8 Å². The van der Waals surface area contributed by atoms with E-state index >= 15 is 0 Å². The summed E-state index contributed by atoms with van der Waals surface area (Å²) in [5.74, 6) is -0.900. The summed E-state index contributed by atoms with van der Waals surface area (Å²) in [7, 11) is -7.62. The molecule has 0 spiro atoms. The summed E-state index contributed by atoms with van der Waals surface area (Å²) < 4.78 is 56.8. The second-order valence-electron chi connectivity index (χ2n) is 12.7. The van der Waals surface area contributed by atoms with Crippen molar-refractivity contribution in [3.63, 3.8) is 0 Å². The highest BCUT2D eigenvalue weighted by Crippen LogP contribution is 2.34. The second-order valence-corrected chi connectivity index (χ2v) is 18.1. The van der Waals surface area contributed by atoms with E-state index in [2.05, 4.69) is 20.6 Å². The molecule has 16 heteroatoms. The zero-order valence-electron chi connectivity index (χ0n) is 28.5. The van der Waals surface area contributed by atoms with E-state index in [0.29, 0.717) is 46.1 Å². The molecule has 0 saturated heterocycles. The lowest BCUT2D eigenvalue weighted by Crippen LogP contribution is -2.35. The molecule has 2 N–H and O–H groups in total. The van der Waals surface area contributed by atoms with Crippen molar-refractivity contribution in [2.45, 2.75) is 35.5 Å². The summed E-state index contributed by atoms with van der Waals surface area (Å²) in [5, 5.41) is 9.59. The third-order valence-corrected chi connectivity index (χ3v) is 14.4. The molecule has 0 atom stereocenters. The zero-order valence-corrected chi connectivity index (χ0v) is 31.8. The SMILES string of the molecule is O=C(Nc1nc(-c2csc(NC(=O)c3ccc(S(=O)(=O)N4CCCc5ccccc54)cc3)n2)cs1)c1ccc(S(=O)(=O)N2CCCc3ccccc32)cc1. The van der Waals surface area contributed by atoms with Gasteiger partial charge in [-0.3, -0.25) is 28.8 Å². The van der Waals surface area contributed by atoms with Gasteiger partial charge in [-0.25, -0.2) is 26.8 Å². The van der Waals surface area contributed by atoms with Crippen LogP contribution in [0.5, 0.6) is 0 Å². The number of fused-ring (bicyclic) bond motifs is 2. The number of aryl methyl sites for hydroxylation is 2. The van der Waals surface area contributed by atoms with Crippen LogP contribution in [0.4, 0.5) is 21.6 Å². The van der Waals surface area contributed by atoms with Gasteiger partial charge in [0.25, 0.3) is 31.9 Å². The number of carbonyl (C=O) groups is 2. The Kier molecular flexibility index (Phi) is 9.51. The maximum absolute atomic E-state index is 13.5. The lowest BCUT2D eigenvalue weighted by molar-refractivity contribution is 0.101. The fourth-order valence-electron chi connectivity index (χ4n) is 6.54. The number of carbonyl (C=O) groups excluding carboxylic acids is 2. The molecule has 0 bridgehead atoms. The number of aromatic nitrogens is 2. The molecule has 2 aliphatic rings. The smallest absolute Gasteiger partial charge is 0.264 e. The number of nitrogens with one attached hydrogen (secondary N) is 2. The molecule has 0 unspecified atom stereocenters. The molecule has 2 amide bonds. The molecule has 0 saturated carbocycles. The van der Waals surface area contributed by atoms with Gasteiger partial charge in [0.05, 0.1) is 21.2 Å². The van der Waals surface area contributed by atoms with Crippen LogP contribution in [-0.4, -0.2) is 51.7 Å². The molecule has 2 aromatic heterocycles. The third-order valence-electron chi connectivity index (χ3n) is 9.26. The van der Waals surface area contributed by atoms with Crippen LogP contribution in [0.2, 0.25) is 0 Å². The second kappa shape index (κ2) is 14.4. The first-order valence-electron chi connectivity index (χ1n) is 17.0. The highest BCUT2D eigenvalue weighted by atomic mass is 32.2. The molecular formula is C38H32N6O6S4. The molecule has 8 rings (SSSR count). The molecule has 0 aliphatic carbocycles. The highest BCUT2D eigenvalue weighted by Gasteiger charge is 2.30. The molecule has 12 nitrogen and oxygen atoms in total. The lowest BCUT2D eigenvalue weighted by Gasteiger charge is -2.30. The van der Waals surface area contributed by atoms with E-state index in [-0.39, 0.29) is 20.9 Å². The van der Waals surface area contributed by atoms with Gasteiger partial charge in [0.2, 0.25) is 0 Å². The molecule has 6 aromatic rings. The van der Waals surface area contributed by atoms with Crippen molar-refractivity contribution in [1.82, 2.24) is 9.97 Å². The van der Waals surface area contributed by atoms with Gasteiger partial charge in [-0.15, -0.1) is 22.7 Å². The van der Waals surface area contributed by atoms with Crippen molar-refractivity contribution >= 4 is 76.2 Å². The minimum absolute atomic E-state index is 0.100. The van der Waals surface area contributed by atoms with Crippen LogP contribution >= 0.6 is 22.7 Å². The van der Waals surface area contributed by atoms with Crippen molar-refractivity contribution in [2.24, 2.45) is 0 Å². The normalized spacial score (nSPS) is 14.2. The first-order chi connectivity index (χ1) is 26.1. The maximum atomic E-state index is 13.5. The Morgan fingerprint density at radius 3 is 1.35 bits per heavy atom. The Morgan fingerprint density at radius 2 is 0.944 bits per heavy atom. The Bertz CT molecular complexity index is 2420. The largest absolute Gasteiger partial charge is 0.298 e. The number of sulfonamides is 2. The van der Waals surface area contributed by atoms with Crippen LogP contribution in [0.25, 0.3) is 11.4 Å². The summed E-state index contributed by atoms with van der Waals surface area (Å²) in [6.07, 6.45) is 3.09. The van der Waals surface area contributed by atoms with Crippen LogP contribution < -0.4 is 19.2 Å². The van der Waals surface area contributed by atoms with Crippen LogP contribution in [0, 0.1) is 0 Å². The summed E-state index contributed by atoms with van der Waals surface area (Å²) in [5.41, 5.74) is 4.86.